The molecule has 2 rings (SSSR count). The standard InChI is InChI=1S/C15H24ClN3O/c1-4-7-17-15-18-9-13(16)14(19-15)20-12-6-5-10(2)11(3)8-12/h9-12H,4-8H2,1-3H3,(H,17,18,19). The van der Waals surface area contributed by atoms with Crippen molar-refractivity contribution >= 4 is 17.5 Å². The van der Waals surface area contributed by atoms with Gasteiger partial charge in [0.1, 0.15) is 11.1 Å². The number of halogens is 1. The van der Waals surface area contributed by atoms with Crippen molar-refractivity contribution in [3.63, 3.8) is 0 Å². The number of nitrogens with one attached hydrogen (secondary N) is 1. The predicted octanol–water partition coefficient (Wildman–Crippen LogP) is 4.16. The van der Waals surface area contributed by atoms with E-state index in [-0.39, 0.29) is 6.10 Å². The number of ether oxygens (including phenoxy) is 1. The zero-order chi connectivity index (χ0) is 14.5. The third kappa shape index (κ3) is 3.98. The van der Waals surface area contributed by atoms with Gasteiger partial charge in [-0.05, 0) is 37.5 Å². The second kappa shape index (κ2) is 7.11. The van der Waals surface area contributed by atoms with Gasteiger partial charge in [-0.25, -0.2) is 4.98 Å². The number of anilines is 1. The minimum absolute atomic E-state index is 0.215. The van der Waals surface area contributed by atoms with Gasteiger partial charge in [-0.1, -0.05) is 32.4 Å². The lowest BCUT2D eigenvalue weighted by molar-refractivity contribution is 0.0965. The Labute approximate surface area is 126 Å². The smallest absolute Gasteiger partial charge is 0.237 e. The van der Waals surface area contributed by atoms with Crippen LogP contribution in [0.25, 0.3) is 0 Å². The molecule has 1 heterocycles. The van der Waals surface area contributed by atoms with Crippen molar-refractivity contribution in [1.29, 1.82) is 0 Å². The van der Waals surface area contributed by atoms with E-state index in [0.717, 1.165) is 31.7 Å². The second-order valence-corrected chi connectivity index (χ2v) is 6.19. The van der Waals surface area contributed by atoms with E-state index < -0.39 is 0 Å². The highest BCUT2D eigenvalue weighted by molar-refractivity contribution is 6.31. The number of rotatable bonds is 5. The average molecular weight is 298 g/mol. The van der Waals surface area contributed by atoms with Gasteiger partial charge in [-0.15, -0.1) is 0 Å². The Hall–Kier alpha value is -1.03. The summed E-state index contributed by atoms with van der Waals surface area (Å²) in [6.07, 6.45) is 6.20. The summed E-state index contributed by atoms with van der Waals surface area (Å²) in [6, 6.07) is 0. The molecule has 1 aliphatic rings. The van der Waals surface area contributed by atoms with Gasteiger partial charge < -0.3 is 10.1 Å². The molecule has 20 heavy (non-hydrogen) atoms. The molecule has 0 bridgehead atoms. The fourth-order valence-corrected chi connectivity index (χ4v) is 2.65. The lowest BCUT2D eigenvalue weighted by Gasteiger charge is -2.32. The summed E-state index contributed by atoms with van der Waals surface area (Å²) in [5, 5.41) is 3.64. The highest BCUT2D eigenvalue weighted by Crippen LogP contribution is 2.33. The van der Waals surface area contributed by atoms with Gasteiger partial charge in [-0.3, -0.25) is 0 Å². The summed E-state index contributed by atoms with van der Waals surface area (Å²) in [6.45, 7) is 7.55. The maximum Gasteiger partial charge on any atom is 0.237 e. The Bertz CT molecular complexity index is 441. The van der Waals surface area contributed by atoms with Crippen LogP contribution in [-0.2, 0) is 0 Å². The van der Waals surface area contributed by atoms with Crippen LogP contribution in [0.4, 0.5) is 5.95 Å². The molecule has 0 radical (unpaired) electrons. The van der Waals surface area contributed by atoms with Crippen molar-refractivity contribution in [2.24, 2.45) is 11.8 Å². The molecule has 1 fully saturated rings. The second-order valence-electron chi connectivity index (χ2n) is 5.78. The lowest BCUT2D eigenvalue weighted by atomic mass is 9.80. The van der Waals surface area contributed by atoms with Crippen LogP contribution in [0.1, 0.15) is 46.5 Å². The molecule has 5 heteroatoms. The van der Waals surface area contributed by atoms with Crippen LogP contribution in [0.15, 0.2) is 6.20 Å². The molecule has 1 saturated carbocycles. The highest BCUT2D eigenvalue weighted by atomic mass is 35.5. The normalized spacial score (nSPS) is 26.3. The summed E-state index contributed by atoms with van der Waals surface area (Å²) in [7, 11) is 0. The molecular formula is C15H24ClN3O. The molecule has 0 saturated heterocycles. The molecule has 1 aromatic rings. The Morgan fingerprint density at radius 2 is 2.15 bits per heavy atom. The van der Waals surface area contributed by atoms with Crippen molar-refractivity contribution in [3.05, 3.63) is 11.2 Å². The monoisotopic (exact) mass is 297 g/mol. The number of aromatic nitrogens is 2. The Morgan fingerprint density at radius 1 is 1.35 bits per heavy atom. The molecule has 1 aliphatic carbocycles. The SMILES string of the molecule is CCCNc1ncc(Cl)c(OC2CCC(C)C(C)C2)n1. The summed E-state index contributed by atoms with van der Waals surface area (Å²) in [4.78, 5) is 8.53. The van der Waals surface area contributed by atoms with Gasteiger partial charge in [0.15, 0.2) is 0 Å². The first-order valence-corrected chi connectivity index (χ1v) is 7.91. The van der Waals surface area contributed by atoms with Crippen LogP contribution in [0, 0.1) is 11.8 Å². The van der Waals surface area contributed by atoms with Gasteiger partial charge in [0, 0.05) is 6.54 Å². The van der Waals surface area contributed by atoms with Crippen molar-refractivity contribution < 1.29 is 4.74 Å². The fraction of sp³-hybridized carbons (Fsp3) is 0.733. The molecule has 4 nitrogen and oxygen atoms in total. The van der Waals surface area contributed by atoms with E-state index in [1.165, 1.54) is 6.42 Å². The Kier molecular flexibility index (Phi) is 5.46. The van der Waals surface area contributed by atoms with E-state index >= 15 is 0 Å². The zero-order valence-electron chi connectivity index (χ0n) is 12.5. The van der Waals surface area contributed by atoms with E-state index in [4.69, 9.17) is 16.3 Å². The van der Waals surface area contributed by atoms with Crippen LogP contribution in [0.2, 0.25) is 5.02 Å². The van der Waals surface area contributed by atoms with Crippen molar-refractivity contribution in [2.75, 3.05) is 11.9 Å². The minimum atomic E-state index is 0.215. The largest absolute Gasteiger partial charge is 0.473 e. The molecule has 0 aromatic carbocycles. The molecule has 3 atom stereocenters. The quantitative estimate of drug-likeness (QED) is 0.886. The molecule has 1 N–H and O–H groups in total. The third-order valence-electron chi connectivity index (χ3n) is 4.07. The van der Waals surface area contributed by atoms with E-state index in [1.807, 2.05) is 0 Å². The van der Waals surface area contributed by atoms with Crippen LogP contribution in [-0.4, -0.2) is 22.6 Å². The topological polar surface area (TPSA) is 47.0 Å². The Balaban J connectivity index is 2.01. The number of hydrogen-bond donors (Lipinski definition) is 1. The van der Waals surface area contributed by atoms with Gasteiger partial charge in [0.25, 0.3) is 0 Å². The van der Waals surface area contributed by atoms with Crippen LogP contribution in [0.5, 0.6) is 5.88 Å². The first-order valence-electron chi connectivity index (χ1n) is 7.53. The summed E-state index contributed by atoms with van der Waals surface area (Å²) in [5.74, 6) is 2.56. The zero-order valence-corrected chi connectivity index (χ0v) is 13.3. The van der Waals surface area contributed by atoms with Gasteiger partial charge >= 0.3 is 0 Å². The van der Waals surface area contributed by atoms with E-state index in [0.29, 0.717) is 22.8 Å². The summed E-state index contributed by atoms with van der Waals surface area (Å²) < 4.78 is 6.00. The fourth-order valence-electron chi connectivity index (χ4n) is 2.52. The van der Waals surface area contributed by atoms with Gasteiger partial charge in [-0.2, -0.15) is 4.98 Å². The van der Waals surface area contributed by atoms with Gasteiger partial charge in [0.2, 0.25) is 11.8 Å². The Morgan fingerprint density at radius 3 is 2.85 bits per heavy atom. The summed E-state index contributed by atoms with van der Waals surface area (Å²) in [5.41, 5.74) is 0. The van der Waals surface area contributed by atoms with E-state index in [1.54, 1.807) is 6.20 Å². The first-order chi connectivity index (χ1) is 9.60. The molecular weight excluding hydrogens is 274 g/mol. The van der Waals surface area contributed by atoms with E-state index in [2.05, 4.69) is 36.1 Å². The lowest BCUT2D eigenvalue weighted by Crippen LogP contribution is -2.29. The molecule has 0 amide bonds. The van der Waals surface area contributed by atoms with Crippen LogP contribution >= 0.6 is 11.6 Å². The third-order valence-corrected chi connectivity index (χ3v) is 4.33. The molecule has 3 unspecified atom stereocenters. The van der Waals surface area contributed by atoms with Crippen molar-refractivity contribution in [3.8, 4) is 5.88 Å². The highest BCUT2D eigenvalue weighted by Gasteiger charge is 2.26. The molecule has 1 aromatic heterocycles. The maximum absolute atomic E-state index is 6.14. The average Bonchev–Trinajstić information content (AvgIpc) is 2.44. The predicted molar refractivity (Wildman–Crippen MR) is 82.4 cm³/mol. The van der Waals surface area contributed by atoms with Crippen LogP contribution in [0.3, 0.4) is 0 Å². The van der Waals surface area contributed by atoms with Crippen molar-refractivity contribution in [1.82, 2.24) is 9.97 Å². The number of hydrogen-bond acceptors (Lipinski definition) is 4. The first kappa shape index (κ1) is 15.4. The van der Waals surface area contributed by atoms with Crippen molar-refractivity contribution in [2.45, 2.75) is 52.6 Å². The molecule has 112 valence electrons. The van der Waals surface area contributed by atoms with E-state index in [9.17, 15) is 0 Å². The minimum Gasteiger partial charge on any atom is -0.473 e. The molecule has 0 aliphatic heterocycles. The maximum atomic E-state index is 6.14. The van der Waals surface area contributed by atoms with Crippen LogP contribution < -0.4 is 10.1 Å². The number of nitrogens with zero attached hydrogens (tertiary/aromatic N) is 2. The van der Waals surface area contributed by atoms with Gasteiger partial charge in [0.05, 0.1) is 6.20 Å². The molecule has 0 spiro atoms. The summed E-state index contributed by atoms with van der Waals surface area (Å²) >= 11 is 6.14.